The summed E-state index contributed by atoms with van der Waals surface area (Å²) in [7, 11) is 0. The Morgan fingerprint density at radius 2 is 1.82 bits per heavy atom. The van der Waals surface area contributed by atoms with Crippen molar-refractivity contribution in [3.05, 3.63) is 69.4 Å². The second-order valence-corrected chi connectivity index (χ2v) is 7.63. The van der Waals surface area contributed by atoms with E-state index >= 15 is 0 Å². The van der Waals surface area contributed by atoms with Crippen LogP contribution in [0.2, 0.25) is 0 Å². The number of nitrogens with zero attached hydrogens (tertiary/aromatic N) is 1. The molecule has 144 valence electrons. The summed E-state index contributed by atoms with van der Waals surface area (Å²) in [6.07, 6.45) is 1.69. The van der Waals surface area contributed by atoms with E-state index < -0.39 is 29.4 Å². The number of anilines is 1. The van der Waals surface area contributed by atoms with Crippen LogP contribution >= 0.6 is 11.8 Å². The maximum Gasteiger partial charge on any atom is 0.294 e. The second kappa shape index (κ2) is 7.98. The summed E-state index contributed by atoms with van der Waals surface area (Å²) in [6.45, 7) is 5.46. The summed E-state index contributed by atoms with van der Waals surface area (Å²) in [5.74, 6) is -1.57. The van der Waals surface area contributed by atoms with Crippen LogP contribution in [-0.2, 0) is 9.59 Å². The molecule has 1 aliphatic rings. The lowest BCUT2D eigenvalue weighted by Gasteiger charge is -2.12. The summed E-state index contributed by atoms with van der Waals surface area (Å²) in [6, 6.07) is 9.42. The first-order chi connectivity index (χ1) is 13.2. The predicted molar refractivity (Wildman–Crippen MR) is 108 cm³/mol. The standard InChI is InChI=1S/C21H19FN2O3S/c1-12-7-13(2)17(14(3)8-12)10-18-20(26)24(21(27)28-18)11-19(25)23-16-6-4-5-15(22)9-16/h4-10H,11H2,1-3H3,(H,23,25)/b18-10+. The van der Waals surface area contributed by atoms with E-state index in [1.54, 1.807) is 6.08 Å². The van der Waals surface area contributed by atoms with Crippen molar-refractivity contribution < 1.29 is 18.8 Å². The van der Waals surface area contributed by atoms with Crippen molar-refractivity contribution in [1.82, 2.24) is 4.90 Å². The molecule has 1 fully saturated rings. The quantitative estimate of drug-likeness (QED) is 0.774. The number of halogens is 1. The molecule has 28 heavy (non-hydrogen) atoms. The van der Waals surface area contributed by atoms with E-state index in [1.165, 1.54) is 18.2 Å². The van der Waals surface area contributed by atoms with Gasteiger partial charge in [0.15, 0.2) is 0 Å². The van der Waals surface area contributed by atoms with E-state index in [0.29, 0.717) is 0 Å². The van der Waals surface area contributed by atoms with Crippen molar-refractivity contribution in [2.24, 2.45) is 0 Å². The van der Waals surface area contributed by atoms with Gasteiger partial charge in [0.1, 0.15) is 12.4 Å². The van der Waals surface area contributed by atoms with Crippen LogP contribution in [-0.4, -0.2) is 28.5 Å². The Morgan fingerprint density at radius 1 is 1.14 bits per heavy atom. The van der Waals surface area contributed by atoms with E-state index in [9.17, 15) is 18.8 Å². The molecular weight excluding hydrogens is 379 g/mol. The van der Waals surface area contributed by atoms with Crippen LogP contribution in [0.1, 0.15) is 22.3 Å². The Kier molecular flexibility index (Phi) is 5.65. The fourth-order valence-corrected chi connectivity index (χ4v) is 3.92. The third-order valence-corrected chi connectivity index (χ3v) is 5.20. The number of hydrogen-bond acceptors (Lipinski definition) is 4. The summed E-state index contributed by atoms with van der Waals surface area (Å²) >= 11 is 0.808. The number of nitrogens with one attached hydrogen (secondary N) is 1. The normalized spacial score (nSPS) is 15.4. The van der Waals surface area contributed by atoms with Gasteiger partial charge in [-0.3, -0.25) is 19.3 Å². The van der Waals surface area contributed by atoms with Gasteiger partial charge in [0, 0.05) is 5.69 Å². The smallest absolute Gasteiger partial charge is 0.294 e. The molecule has 0 atom stereocenters. The molecule has 1 saturated heterocycles. The Bertz CT molecular complexity index is 993. The number of rotatable bonds is 4. The highest BCUT2D eigenvalue weighted by Crippen LogP contribution is 2.33. The van der Waals surface area contributed by atoms with Crippen molar-refractivity contribution >= 4 is 40.6 Å². The summed E-state index contributed by atoms with van der Waals surface area (Å²) in [5.41, 5.74) is 4.29. The number of benzene rings is 2. The molecule has 0 spiro atoms. The summed E-state index contributed by atoms with van der Waals surface area (Å²) in [4.78, 5) is 38.2. The van der Waals surface area contributed by atoms with Gasteiger partial charge in [0.2, 0.25) is 5.91 Å². The monoisotopic (exact) mass is 398 g/mol. The molecule has 2 aromatic rings. The molecular formula is C21H19FN2O3S. The Hall–Kier alpha value is -2.93. The van der Waals surface area contributed by atoms with Crippen molar-refractivity contribution in [3.8, 4) is 0 Å². The van der Waals surface area contributed by atoms with Crippen LogP contribution in [0.25, 0.3) is 6.08 Å². The zero-order chi connectivity index (χ0) is 20.4. The summed E-state index contributed by atoms with van der Waals surface area (Å²) < 4.78 is 13.2. The predicted octanol–water partition coefficient (Wildman–Crippen LogP) is 4.43. The van der Waals surface area contributed by atoms with Gasteiger partial charge in [-0.2, -0.15) is 0 Å². The van der Waals surface area contributed by atoms with Crippen LogP contribution in [0.15, 0.2) is 41.3 Å². The van der Waals surface area contributed by atoms with Gasteiger partial charge >= 0.3 is 0 Å². The fourth-order valence-electron chi connectivity index (χ4n) is 3.10. The maximum absolute atomic E-state index is 13.2. The largest absolute Gasteiger partial charge is 0.324 e. The first-order valence-electron chi connectivity index (χ1n) is 8.63. The highest BCUT2D eigenvalue weighted by Gasteiger charge is 2.36. The van der Waals surface area contributed by atoms with Gasteiger partial charge < -0.3 is 5.32 Å². The minimum atomic E-state index is -0.572. The molecule has 1 N–H and O–H groups in total. The van der Waals surface area contributed by atoms with Crippen molar-refractivity contribution in [1.29, 1.82) is 0 Å². The molecule has 0 radical (unpaired) electrons. The fraction of sp³-hybridized carbons (Fsp3) is 0.190. The number of carbonyl (C=O) groups is 3. The lowest BCUT2D eigenvalue weighted by atomic mass is 9.99. The molecule has 0 unspecified atom stereocenters. The second-order valence-electron chi connectivity index (χ2n) is 6.64. The molecule has 1 heterocycles. The molecule has 3 rings (SSSR count). The Balaban J connectivity index is 1.76. The number of thioether (sulfide) groups is 1. The average molecular weight is 398 g/mol. The van der Waals surface area contributed by atoms with E-state index in [2.05, 4.69) is 5.32 Å². The van der Waals surface area contributed by atoms with Gasteiger partial charge in [0.05, 0.1) is 4.91 Å². The number of amides is 3. The molecule has 2 aromatic carbocycles. The minimum Gasteiger partial charge on any atom is -0.324 e. The molecule has 3 amide bonds. The van der Waals surface area contributed by atoms with Crippen molar-refractivity contribution in [3.63, 3.8) is 0 Å². The molecule has 1 aliphatic heterocycles. The minimum absolute atomic E-state index is 0.262. The molecule has 0 aromatic heterocycles. The van der Waals surface area contributed by atoms with Crippen LogP contribution in [0.3, 0.4) is 0 Å². The van der Waals surface area contributed by atoms with Crippen LogP contribution in [0, 0.1) is 26.6 Å². The zero-order valence-electron chi connectivity index (χ0n) is 15.7. The van der Waals surface area contributed by atoms with Gasteiger partial charge in [-0.1, -0.05) is 23.8 Å². The van der Waals surface area contributed by atoms with Gasteiger partial charge in [-0.05, 0) is 73.5 Å². The zero-order valence-corrected chi connectivity index (χ0v) is 16.5. The van der Waals surface area contributed by atoms with Crippen molar-refractivity contribution in [2.75, 3.05) is 11.9 Å². The third-order valence-electron chi connectivity index (χ3n) is 4.30. The lowest BCUT2D eigenvalue weighted by molar-refractivity contribution is -0.127. The van der Waals surface area contributed by atoms with Gasteiger partial charge in [0.25, 0.3) is 11.1 Å². The van der Waals surface area contributed by atoms with E-state index in [0.717, 1.165) is 45.0 Å². The highest BCUT2D eigenvalue weighted by atomic mass is 32.2. The molecule has 0 bridgehead atoms. The number of carbonyl (C=O) groups excluding carboxylic acids is 3. The van der Waals surface area contributed by atoms with Crippen LogP contribution in [0.4, 0.5) is 14.9 Å². The van der Waals surface area contributed by atoms with Crippen molar-refractivity contribution in [2.45, 2.75) is 20.8 Å². The number of aryl methyl sites for hydroxylation is 3. The number of imide groups is 1. The number of hydrogen-bond donors (Lipinski definition) is 1. The van der Waals surface area contributed by atoms with Crippen LogP contribution < -0.4 is 5.32 Å². The molecule has 0 aliphatic carbocycles. The first kappa shape index (κ1) is 19.8. The third kappa shape index (κ3) is 4.31. The van der Waals surface area contributed by atoms with Gasteiger partial charge in [-0.25, -0.2) is 4.39 Å². The molecule has 7 heteroatoms. The van der Waals surface area contributed by atoms with Crippen LogP contribution in [0.5, 0.6) is 0 Å². The molecule has 5 nitrogen and oxygen atoms in total. The SMILES string of the molecule is Cc1cc(C)c(/C=C2/SC(=O)N(CC(=O)Nc3cccc(F)c3)C2=O)c(C)c1. The molecule has 0 saturated carbocycles. The maximum atomic E-state index is 13.2. The van der Waals surface area contributed by atoms with E-state index in [1.807, 2.05) is 32.9 Å². The first-order valence-corrected chi connectivity index (χ1v) is 9.45. The lowest BCUT2D eigenvalue weighted by Crippen LogP contribution is -2.36. The summed E-state index contributed by atoms with van der Waals surface area (Å²) in [5, 5.41) is 1.98. The topological polar surface area (TPSA) is 66.5 Å². The van der Waals surface area contributed by atoms with E-state index in [-0.39, 0.29) is 10.6 Å². The highest BCUT2D eigenvalue weighted by molar-refractivity contribution is 8.18. The van der Waals surface area contributed by atoms with Gasteiger partial charge in [-0.15, -0.1) is 0 Å². The Morgan fingerprint density at radius 3 is 2.46 bits per heavy atom. The average Bonchev–Trinajstić information content (AvgIpc) is 2.85. The van der Waals surface area contributed by atoms with E-state index in [4.69, 9.17) is 0 Å². The Labute approximate surface area is 166 Å².